The van der Waals surface area contributed by atoms with Gasteiger partial charge in [-0.2, -0.15) is 5.10 Å². The number of rotatable bonds is 7. The molecule has 2 N–H and O–H groups in total. The van der Waals surface area contributed by atoms with Gasteiger partial charge in [-0.25, -0.2) is 0 Å². The van der Waals surface area contributed by atoms with Crippen molar-refractivity contribution in [3.05, 3.63) is 35.5 Å². The number of ether oxygens (including phenoxy) is 2. The van der Waals surface area contributed by atoms with E-state index in [-0.39, 0.29) is 11.9 Å². The van der Waals surface area contributed by atoms with E-state index in [2.05, 4.69) is 52.1 Å². The summed E-state index contributed by atoms with van der Waals surface area (Å²) in [5.74, 6) is 0.0825. The SMILES string of the molecule is COCCN(C(=O)[C@H](C)N1CCOCC1)c1ccc2cc(-c3n[nH]c4c3CCC(C)(C)C4)[nH]c2c1. The number of benzene rings is 1. The molecule has 0 bridgehead atoms. The average molecular weight is 480 g/mol. The Kier molecular flexibility index (Phi) is 6.70. The lowest BCUT2D eigenvalue weighted by Crippen LogP contribution is -2.51. The van der Waals surface area contributed by atoms with E-state index in [0.717, 1.165) is 60.3 Å². The zero-order valence-corrected chi connectivity index (χ0v) is 21.3. The number of aromatic amines is 2. The molecule has 1 saturated heterocycles. The van der Waals surface area contributed by atoms with Crippen LogP contribution in [0.5, 0.6) is 0 Å². The van der Waals surface area contributed by atoms with Crippen molar-refractivity contribution in [1.82, 2.24) is 20.1 Å². The van der Waals surface area contributed by atoms with E-state index in [1.807, 2.05) is 17.9 Å². The van der Waals surface area contributed by atoms with E-state index in [1.165, 1.54) is 11.3 Å². The minimum absolute atomic E-state index is 0.0825. The maximum atomic E-state index is 13.6. The molecule has 1 atom stereocenters. The molecule has 0 radical (unpaired) electrons. The summed E-state index contributed by atoms with van der Waals surface area (Å²) < 4.78 is 10.8. The van der Waals surface area contributed by atoms with Gasteiger partial charge >= 0.3 is 0 Å². The molecular weight excluding hydrogens is 442 g/mol. The van der Waals surface area contributed by atoms with E-state index in [1.54, 1.807) is 7.11 Å². The number of anilines is 1. The van der Waals surface area contributed by atoms with Crippen molar-refractivity contribution >= 4 is 22.5 Å². The molecule has 1 aliphatic carbocycles. The van der Waals surface area contributed by atoms with Crippen LogP contribution in [0.1, 0.15) is 38.4 Å². The number of hydrogen-bond donors (Lipinski definition) is 2. The lowest BCUT2D eigenvalue weighted by atomic mass is 9.76. The first-order valence-corrected chi connectivity index (χ1v) is 12.7. The van der Waals surface area contributed by atoms with Crippen LogP contribution in [0.25, 0.3) is 22.3 Å². The lowest BCUT2D eigenvalue weighted by molar-refractivity contribution is -0.125. The Labute approximate surface area is 207 Å². The van der Waals surface area contributed by atoms with Crippen LogP contribution in [-0.4, -0.2) is 78.6 Å². The fourth-order valence-corrected chi connectivity index (χ4v) is 5.38. The van der Waals surface area contributed by atoms with Crippen molar-refractivity contribution in [2.45, 2.75) is 46.1 Å². The summed E-state index contributed by atoms with van der Waals surface area (Å²) >= 11 is 0. The topological polar surface area (TPSA) is 86.5 Å². The van der Waals surface area contributed by atoms with Gasteiger partial charge in [0.25, 0.3) is 0 Å². The Morgan fingerprint density at radius 1 is 1.29 bits per heavy atom. The first-order valence-electron chi connectivity index (χ1n) is 12.7. The first-order chi connectivity index (χ1) is 16.9. The Hall–Kier alpha value is -2.68. The van der Waals surface area contributed by atoms with Crippen LogP contribution in [0.3, 0.4) is 0 Å². The number of fused-ring (bicyclic) bond motifs is 2. The number of aromatic nitrogens is 3. The van der Waals surface area contributed by atoms with Crippen LogP contribution in [0, 0.1) is 5.41 Å². The van der Waals surface area contributed by atoms with E-state index >= 15 is 0 Å². The fraction of sp³-hybridized carbons (Fsp3) is 0.556. The van der Waals surface area contributed by atoms with Gasteiger partial charge in [0.1, 0.15) is 5.69 Å². The molecule has 188 valence electrons. The molecule has 0 unspecified atom stereocenters. The normalized spacial score (nSPS) is 19.0. The molecule has 2 aromatic heterocycles. The molecule has 0 saturated carbocycles. The molecule has 2 aliphatic rings. The maximum absolute atomic E-state index is 13.6. The second-order valence-corrected chi connectivity index (χ2v) is 10.6. The van der Waals surface area contributed by atoms with Crippen LogP contribution < -0.4 is 4.90 Å². The zero-order valence-electron chi connectivity index (χ0n) is 21.3. The van der Waals surface area contributed by atoms with Crippen LogP contribution in [-0.2, 0) is 27.1 Å². The highest BCUT2D eigenvalue weighted by Crippen LogP contribution is 2.38. The van der Waals surface area contributed by atoms with Gasteiger partial charge in [0.2, 0.25) is 5.91 Å². The summed E-state index contributed by atoms with van der Waals surface area (Å²) in [4.78, 5) is 21.2. The number of methoxy groups -OCH3 is 1. The average Bonchev–Trinajstić information content (AvgIpc) is 3.46. The van der Waals surface area contributed by atoms with Crippen molar-refractivity contribution in [3.63, 3.8) is 0 Å². The summed E-state index contributed by atoms with van der Waals surface area (Å²) in [5.41, 5.74) is 6.80. The van der Waals surface area contributed by atoms with E-state index in [4.69, 9.17) is 9.47 Å². The van der Waals surface area contributed by atoms with Crippen molar-refractivity contribution in [2.24, 2.45) is 5.41 Å². The molecule has 8 nitrogen and oxygen atoms in total. The summed E-state index contributed by atoms with van der Waals surface area (Å²) in [6, 6.07) is 8.13. The van der Waals surface area contributed by atoms with Gasteiger partial charge in [-0.05, 0) is 49.8 Å². The Bertz CT molecular complexity index is 1190. The quantitative estimate of drug-likeness (QED) is 0.539. The third-order valence-electron chi connectivity index (χ3n) is 7.57. The molecule has 1 amide bonds. The summed E-state index contributed by atoms with van der Waals surface area (Å²) in [5, 5.41) is 9.07. The highest BCUT2D eigenvalue weighted by molar-refractivity contribution is 5.99. The standard InChI is InChI=1S/C27H37N5O3/c1-18(31-9-13-35-14-10-31)26(33)32(11-12-34-4)20-6-5-19-15-23(28-22(19)16-20)25-21-7-8-27(2,3)17-24(21)29-30-25/h5-6,15-16,18,28H,7-14,17H2,1-4H3,(H,29,30)/t18-/m0/s1. The van der Waals surface area contributed by atoms with Crippen LogP contribution in [0.15, 0.2) is 24.3 Å². The van der Waals surface area contributed by atoms with Crippen molar-refractivity contribution in [1.29, 1.82) is 0 Å². The van der Waals surface area contributed by atoms with Gasteiger partial charge < -0.3 is 19.4 Å². The van der Waals surface area contributed by atoms with E-state index in [0.29, 0.717) is 31.8 Å². The van der Waals surface area contributed by atoms with Crippen molar-refractivity contribution in [3.8, 4) is 11.4 Å². The van der Waals surface area contributed by atoms with Crippen LogP contribution in [0.4, 0.5) is 5.69 Å². The lowest BCUT2D eigenvalue weighted by Gasteiger charge is -2.34. The molecule has 1 aromatic carbocycles. The number of hydrogen-bond acceptors (Lipinski definition) is 5. The summed E-state index contributed by atoms with van der Waals surface area (Å²) in [6.07, 6.45) is 3.22. The number of amides is 1. The third-order valence-corrected chi connectivity index (χ3v) is 7.57. The van der Waals surface area contributed by atoms with Gasteiger partial charge in [0, 0.05) is 54.6 Å². The van der Waals surface area contributed by atoms with E-state index < -0.39 is 0 Å². The summed E-state index contributed by atoms with van der Waals surface area (Å²) in [6.45, 7) is 10.5. The summed E-state index contributed by atoms with van der Waals surface area (Å²) in [7, 11) is 1.67. The molecule has 8 heteroatoms. The van der Waals surface area contributed by atoms with Crippen LogP contribution >= 0.6 is 0 Å². The number of carbonyl (C=O) groups excluding carboxylic acids is 1. The van der Waals surface area contributed by atoms with Crippen LogP contribution in [0.2, 0.25) is 0 Å². The first kappa shape index (κ1) is 24.0. The minimum atomic E-state index is -0.217. The Morgan fingerprint density at radius 2 is 2.09 bits per heavy atom. The predicted molar refractivity (Wildman–Crippen MR) is 138 cm³/mol. The third kappa shape index (κ3) is 4.87. The predicted octanol–water partition coefficient (Wildman–Crippen LogP) is 3.77. The second kappa shape index (κ2) is 9.76. The molecule has 0 spiro atoms. The Morgan fingerprint density at radius 3 is 2.86 bits per heavy atom. The second-order valence-electron chi connectivity index (χ2n) is 10.6. The van der Waals surface area contributed by atoms with Gasteiger partial charge in [0.15, 0.2) is 0 Å². The van der Waals surface area contributed by atoms with Gasteiger partial charge in [-0.1, -0.05) is 19.9 Å². The number of H-pyrrole nitrogens is 2. The number of nitrogens with zero attached hydrogens (tertiary/aromatic N) is 3. The fourth-order valence-electron chi connectivity index (χ4n) is 5.38. The molecule has 1 aliphatic heterocycles. The molecule has 3 heterocycles. The highest BCUT2D eigenvalue weighted by Gasteiger charge is 2.30. The zero-order chi connectivity index (χ0) is 24.6. The largest absolute Gasteiger partial charge is 0.383 e. The van der Waals surface area contributed by atoms with Crippen molar-refractivity contribution < 1.29 is 14.3 Å². The number of carbonyl (C=O) groups is 1. The maximum Gasteiger partial charge on any atom is 0.244 e. The molecule has 3 aromatic rings. The Balaban J connectivity index is 1.43. The van der Waals surface area contributed by atoms with Gasteiger partial charge in [-0.15, -0.1) is 0 Å². The molecular formula is C27H37N5O3. The number of morpholine rings is 1. The molecule has 35 heavy (non-hydrogen) atoms. The van der Waals surface area contributed by atoms with E-state index in [9.17, 15) is 4.79 Å². The van der Waals surface area contributed by atoms with Crippen molar-refractivity contribution in [2.75, 3.05) is 51.5 Å². The minimum Gasteiger partial charge on any atom is -0.383 e. The number of nitrogens with one attached hydrogen (secondary N) is 2. The smallest absolute Gasteiger partial charge is 0.244 e. The molecule has 1 fully saturated rings. The van der Waals surface area contributed by atoms with Gasteiger partial charge in [0.05, 0.1) is 31.6 Å². The highest BCUT2D eigenvalue weighted by atomic mass is 16.5. The molecule has 5 rings (SSSR count). The van der Waals surface area contributed by atoms with Gasteiger partial charge in [-0.3, -0.25) is 14.8 Å². The monoisotopic (exact) mass is 479 g/mol.